The van der Waals surface area contributed by atoms with Crippen LogP contribution in [0.3, 0.4) is 0 Å². The quantitative estimate of drug-likeness (QED) is 0.181. The van der Waals surface area contributed by atoms with Gasteiger partial charge in [-0.25, -0.2) is 19.9 Å². The Balaban J connectivity index is 1.27. The fourth-order valence-electron chi connectivity index (χ4n) is 6.48. The Kier molecular flexibility index (Phi) is 6.76. The fourth-order valence-corrected chi connectivity index (χ4v) is 6.48. The number of fused-ring (bicyclic) bond motifs is 4. The van der Waals surface area contributed by atoms with Crippen LogP contribution in [0.1, 0.15) is 0 Å². The summed E-state index contributed by atoms with van der Waals surface area (Å²) in [6, 6.07) is 58.4. The minimum atomic E-state index is 0.852. The number of benzene rings is 6. The van der Waals surface area contributed by atoms with Gasteiger partial charge < -0.3 is 0 Å². The zero-order valence-electron chi connectivity index (χ0n) is 26.0. The highest BCUT2D eigenvalue weighted by Crippen LogP contribution is 2.38. The first kappa shape index (κ1) is 27.8. The van der Waals surface area contributed by atoms with Crippen molar-refractivity contribution < 1.29 is 0 Å². The van der Waals surface area contributed by atoms with Crippen molar-refractivity contribution in [3.05, 3.63) is 170 Å². The highest BCUT2D eigenvalue weighted by Gasteiger charge is 2.17. The first-order chi connectivity index (χ1) is 23.8. The number of pyridine rings is 2. The van der Waals surface area contributed by atoms with E-state index in [1.54, 1.807) is 0 Å². The summed E-state index contributed by atoms with van der Waals surface area (Å²) in [6.45, 7) is 0. The van der Waals surface area contributed by atoms with Gasteiger partial charge in [0.2, 0.25) is 0 Å². The second-order valence-electron chi connectivity index (χ2n) is 11.9. The lowest BCUT2D eigenvalue weighted by Crippen LogP contribution is -1.96. The predicted octanol–water partition coefficient (Wildman–Crippen LogP) is 11.1. The van der Waals surface area contributed by atoms with Crippen molar-refractivity contribution in [1.82, 2.24) is 19.9 Å². The van der Waals surface area contributed by atoms with E-state index in [1.807, 2.05) is 78.9 Å². The summed E-state index contributed by atoms with van der Waals surface area (Å²) in [4.78, 5) is 20.8. The molecule has 0 aliphatic rings. The van der Waals surface area contributed by atoms with E-state index in [0.29, 0.717) is 0 Å². The van der Waals surface area contributed by atoms with Gasteiger partial charge in [0.05, 0.1) is 44.8 Å². The third-order valence-electron chi connectivity index (χ3n) is 8.84. The number of nitrogens with zero attached hydrogens (tertiary/aromatic N) is 4. The molecule has 9 aromatic rings. The maximum Gasteiger partial charge on any atom is 0.0978 e. The van der Waals surface area contributed by atoms with Gasteiger partial charge in [-0.05, 0) is 53.6 Å². The van der Waals surface area contributed by atoms with E-state index in [9.17, 15) is 0 Å². The van der Waals surface area contributed by atoms with Crippen LogP contribution in [0.5, 0.6) is 0 Å². The second kappa shape index (κ2) is 11.7. The van der Waals surface area contributed by atoms with Crippen LogP contribution in [0.25, 0.3) is 89.0 Å². The second-order valence-corrected chi connectivity index (χ2v) is 11.9. The van der Waals surface area contributed by atoms with Gasteiger partial charge in [0, 0.05) is 33.0 Å². The van der Waals surface area contributed by atoms with Crippen LogP contribution < -0.4 is 0 Å². The molecule has 0 saturated carbocycles. The lowest BCUT2D eigenvalue weighted by Gasteiger charge is -2.14. The number of hydrogen-bond acceptors (Lipinski definition) is 4. The Morgan fingerprint density at radius 3 is 1.46 bits per heavy atom. The molecule has 0 aliphatic heterocycles. The Morgan fingerprint density at radius 2 is 0.812 bits per heavy atom. The highest BCUT2D eigenvalue weighted by molar-refractivity contribution is 6.11. The van der Waals surface area contributed by atoms with Crippen molar-refractivity contribution in [2.75, 3.05) is 0 Å². The van der Waals surface area contributed by atoms with Crippen LogP contribution in [0.4, 0.5) is 0 Å². The molecule has 48 heavy (non-hydrogen) atoms. The molecule has 3 aromatic heterocycles. The summed E-state index contributed by atoms with van der Waals surface area (Å²) >= 11 is 0. The molecule has 6 aromatic carbocycles. The van der Waals surface area contributed by atoms with Gasteiger partial charge in [0.1, 0.15) is 0 Å². The number of para-hydroxylation sites is 2. The van der Waals surface area contributed by atoms with Crippen LogP contribution in [-0.4, -0.2) is 19.9 Å². The zero-order chi connectivity index (χ0) is 31.9. The third-order valence-corrected chi connectivity index (χ3v) is 8.84. The molecule has 0 radical (unpaired) electrons. The van der Waals surface area contributed by atoms with Crippen molar-refractivity contribution in [2.45, 2.75) is 0 Å². The van der Waals surface area contributed by atoms with Gasteiger partial charge in [0.25, 0.3) is 0 Å². The molecule has 0 spiro atoms. The largest absolute Gasteiger partial charge is 0.245 e. The van der Waals surface area contributed by atoms with E-state index in [-0.39, 0.29) is 0 Å². The van der Waals surface area contributed by atoms with Crippen molar-refractivity contribution in [2.24, 2.45) is 0 Å². The summed E-state index contributed by atoms with van der Waals surface area (Å²) in [6.07, 6.45) is 0. The summed E-state index contributed by atoms with van der Waals surface area (Å²) in [5.41, 5.74) is 13.4. The van der Waals surface area contributed by atoms with Crippen LogP contribution in [0.15, 0.2) is 170 Å². The third kappa shape index (κ3) is 4.97. The van der Waals surface area contributed by atoms with Crippen molar-refractivity contribution in [3.63, 3.8) is 0 Å². The van der Waals surface area contributed by atoms with Crippen molar-refractivity contribution in [3.8, 4) is 56.2 Å². The molecular weight excluding hydrogens is 585 g/mol. The van der Waals surface area contributed by atoms with Gasteiger partial charge in [-0.3, -0.25) is 0 Å². The Bertz CT molecular complexity index is 2600. The van der Waals surface area contributed by atoms with Gasteiger partial charge in [-0.1, -0.05) is 127 Å². The average molecular weight is 613 g/mol. The number of aromatic nitrogens is 4. The molecule has 9 rings (SSSR count). The van der Waals surface area contributed by atoms with Crippen molar-refractivity contribution >= 4 is 32.8 Å². The van der Waals surface area contributed by atoms with Crippen LogP contribution in [0.2, 0.25) is 0 Å². The summed E-state index contributed by atoms with van der Waals surface area (Å²) in [5, 5.41) is 2.08. The Hall–Kier alpha value is -6.52. The molecule has 0 amide bonds. The SMILES string of the molecule is c1ccc(-c2ccc3cc(-c4cccc(-c5nc6ccccc6nc5-c5ccccc5)c4)c4ccc(-c5ccccc5)nc4c3n2)cc1. The molecule has 224 valence electrons. The van der Waals surface area contributed by atoms with Crippen LogP contribution >= 0.6 is 0 Å². The smallest absolute Gasteiger partial charge is 0.0978 e. The average Bonchev–Trinajstić information content (AvgIpc) is 3.17. The minimum Gasteiger partial charge on any atom is -0.245 e. The van der Waals surface area contributed by atoms with E-state index in [1.165, 1.54) is 0 Å². The number of hydrogen-bond donors (Lipinski definition) is 0. The highest BCUT2D eigenvalue weighted by atomic mass is 14.8. The molecule has 0 bridgehead atoms. The Morgan fingerprint density at radius 1 is 0.312 bits per heavy atom. The zero-order valence-corrected chi connectivity index (χ0v) is 26.0. The van der Waals surface area contributed by atoms with E-state index >= 15 is 0 Å². The normalized spacial score (nSPS) is 11.3. The molecule has 3 heterocycles. The molecule has 0 unspecified atom stereocenters. The summed E-state index contributed by atoms with van der Waals surface area (Å²) < 4.78 is 0. The van der Waals surface area contributed by atoms with Gasteiger partial charge >= 0.3 is 0 Å². The van der Waals surface area contributed by atoms with E-state index in [2.05, 4.69) is 91.0 Å². The minimum absolute atomic E-state index is 0.852. The standard InChI is InChI=1S/C44H28N4/c1-4-13-29(14-5-1)37-25-23-34-28-36(35-24-26-38(30-15-6-2-7-16-30)46-44(35)43(34)45-37)32-19-12-20-33(27-32)42-41(31-17-8-3-9-18-31)47-39-21-10-11-22-40(39)48-42/h1-28H. The maximum absolute atomic E-state index is 5.28. The van der Waals surface area contributed by atoms with E-state index < -0.39 is 0 Å². The molecule has 0 saturated heterocycles. The molecule has 4 heteroatoms. The maximum atomic E-state index is 5.28. The Labute approximate surface area is 278 Å². The molecular formula is C44H28N4. The molecule has 4 nitrogen and oxygen atoms in total. The first-order valence-electron chi connectivity index (χ1n) is 16.1. The summed E-state index contributed by atoms with van der Waals surface area (Å²) in [5.74, 6) is 0. The lowest BCUT2D eigenvalue weighted by atomic mass is 9.94. The fraction of sp³-hybridized carbons (Fsp3) is 0. The van der Waals surface area contributed by atoms with E-state index in [0.717, 1.165) is 89.0 Å². The molecule has 0 atom stereocenters. The van der Waals surface area contributed by atoms with Crippen molar-refractivity contribution in [1.29, 1.82) is 0 Å². The summed E-state index contributed by atoms with van der Waals surface area (Å²) in [7, 11) is 0. The molecule has 0 fully saturated rings. The number of rotatable bonds is 5. The topological polar surface area (TPSA) is 51.6 Å². The van der Waals surface area contributed by atoms with E-state index in [4.69, 9.17) is 19.9 Å². The molecule has 0 aliphatic carbocycles. The van der Waals surface area contributed by atoms with Gasteiger partial charge in [-0.15, -0.1) is 0 Å². The predicted molar refractivity (Wildman–Crippen MR) is 197 cm³/mol. The lowest BCUT2D eigenvalue weighted by molar-refractivity contribution is 1.29. The van der Waals surface area contributed by atoms with Gasteiger partial charge in [0.15, 0.2) is 0 Å². The monoisotopic (exact) mass is 612 g/mol. The van der Waals surface area contributed by atoms with Crippen LogP contribution in [-0.2, 0) is 0 Å². The molecule has 0 N–H and O–H groups in total. The van der Waals surface area contributed by atoms with Crippen LogP contribution in [0, 0.1) is 0 Å². The first-order valence-corrected chi connectivity index (χ1v) is 16.1. The van der Waals surface area contributed by atoms with Gasteiger partial charge in [-0.2, -0.15) is 0 Å².